The first-order chi connectivity index (χ1) is 12.4. The molecule has 0 bridgehead atoms. The number of nitrogens with one attached hydrogen (secondary N) is 1. The molecule has 2 aromatic carbocycles. The van der Waals surface area contributed by atoms with Crippen molar-refractivity contribution in [3.63, 3.8) is 0 Å². The van der Waals surface area contributed by atoms with E-state index in [0.717, 1.165) is 12.1 Å². The van der Waals surface area contributed by atoms with Crippen molar-refractivity contribution >= 4 is 15.7 Å². The molecular formula is C16H14F2N4O3S. The molecule has 7 nitrogen and oxygen atoms in total. The first kappa shape index (κ1) is 17.8. The van der Waals surface area contributed by atoms with Gasteiger partial charge < -0.3 is 4.74 Å². The van der Waals surface area contributed by atoms with Crippen molar-refractivity contribution in [2.75, 3.05) is 11.3 Å². The zero-order chi connectivity index (χ0) is 18.6. The fourth-order valence-corrected chi connectivity index (χ4v) is 3.24. The van der Waals surface area contributed by atoms with E-state index in [1.54, 1.807) is 23.1 Å². The van der Waals surface area contributed by atoms with Gasteiger partial charge in [-0.05, 0) is 24.3 Å². The lowest BCUT2D eigenvalue weighted by atomic mass is 10.3. The number of hydrogen-bond donors (Lipinski definition) is 1. The zero-order valence-corrected chi connectivity index (χ0v) is 14.2. The Labute approximate surface area is 148 Å². The van der Waals surface area contributed by atoms with Crippen molar-refractivity contribution in [2.24, 2.45) is 0 Å². The van der Waals surface area contributed by atoms with E-state index >= 15 is 0 Å². The summed E-state index contributed by atoms with van der Waals surface area (Å²) in [4.78, 5) is 3.30. The van der Waals surface area contributed by atoms with Crippen LogP contribution in [-0.4, -0.2) is 29.8 Å². The smallest absolute Gasteiger partial charge is 0.262 e. The van der Waals surface area contributed by atoms with Crippen LogP contribution in [0.4, 0.5) is 14.5 Å². The Morgan fingerprint density at radius 3 is 2.58 bits per heavy atom. The molecule has 0 fully saturated rings. The average Bonchev–Trinajstić information content (AvgIpc) is 3.07. The molecule has 1 N–H and O–H groups in total. The van der Waals surface area contributed by atoms with E-state index in [9.17, 15) is 17.2 Å². The first-order valence-electron chi connectivity index (χ1n) is 7.46. The van der Waals surface area contributed by atoms with Gasteiger partial charge in [-0.3, -0.25) is 4.72 Å². The Balaban J connectivity index is 1.69. The van der Waals surface area contributed by atoms with Crippen LogP contribution in [0, 0.1) is 11.6 Å². The Morgan fingerprint density at radius 2 is 1.88 bits per heavy atom. The number of ether oxygens (including phenoxy) is 1. The number of nitrogens with zero attached hydrogens (tertiary/aromatic N) is 3. The predicted molar refractivity (Wildman–Crippen MR) is 89.1 cm³/mol. The predicted octanol–water partition coefficient (Wildman–Crippen LogP) is 2.44. The van der Waals surface area contributed by atoms with Crippen molar-refractivity contribution in [1.82, 2.24) is 14.8 Å². The molecule has 0 atom stereocenters. The van der Waals surface area contributed by atoms with E-state index in [4.69, 9.17) is 4.74 Å². The Hall–Kier alpha value is -3.01. The van der Waals surface area contributed by atoms with Crippen LogP contribution in [0.1, 0.15) is 0 Å². The van der Waals surface area contributed by atoms with Crippen LogP contribution >= 0.6 is 0 Å². The van der Waals surface area contributed by atoms with Gasteiger partial charge >= 0.3 is 0 Å². The van der Waals surface area contributed by atoms with Gasteiger partial charge in [-0.25, -0.2) is 26.9 Å². The number of halogens is 2. The molecule has 10 heteroatoms. The highest BCUT2D eigenvalue weighted by molar-refractivity contribution is 7.92. The Kier molecular flexibility index (Phi) is 5.12. The van der Waals surface area contributed by atoms with Gasteiger partial charge in [0.15, 0.2) is 0 Å². The minimum Gasteiger partial charge on any atom is -0.492 e. The van der Waals surface area contributed by atoms with Crippen molar-refractivity contribution in [3.8, 4) is 5.75 Å². The summed E-state index contributed by atoms with van der Waals surface area (Å²) in [6.07, 6.45) is 2.96. The van der Waals surface area contributed by atoms with Crippen LogP contribution in [-0.2, 0) is 16.6 Å². The quantitative estimate of drug-likeness (QED) is 0.680. The van der Waals surface area contributed by atoms with Crippen LogP contribution in [0.3, 0.4) is 0 Å². The molecule has 0 saturated heterocycles. The van der Waals surface area contributed by atoms with Gasteiger partial charge in [0.25, 0.3) is 10.0 Å². The van der Waals surface area contributed by atoms with Gasteiger partial charge in [0.2, 0.25) is 0 Å². The maximum atomic E-state index is 13.3. The monoisotopic (exact) mass is 380 g/mol. The lowest BCUT2D eigenvalue weighted by molar-refractivity contribution is 0.291. The van der Waals surface area contributed by atoms with E-state index < -0.39 is 26.6 Å². The second-order valence-electron chi connectivity index (χ2n) is 5.25. The highest BCUT2D eigenvalue weighted by Crippen LogP contribution is 2.22. The fourth-order valence-electron chi connectivity index (χ4n) is 2.15. The molecule has 0 unspecified atom stereocenters. The van der Waals surface area contributed by atoms with Gasteiger partial charge in [0, 0.05) is 12.1 Å². The summed E-state index contributed by atoms with van der Waals surface area (Å²) >= 11 is 0. The maximum Gasteiger partial charge on any atom is 0.262 e. The molecule has 0 aliphatic heterocycles. The highest BCUT2D eigenvalue weighted by atomic mass is 32.2. The van der Waals surface area contributed by atoms with Crippen LogP contribution < -0.4 is 9.46 Å². The standard InChI is InChI=1S/C16H14F2N4O3S/c17-12-6-13(18)8-16(7-12)26(23,24)21-14-2-1-3-15(9-14)25-5-4-22-11-19-10-20-22/h1-3,6-11,21H,4-5H2. The normalized spacial score (nSPS) is 11.3. The molecule has 1 aromatic heterocycles. The summed E-state index contributed by atoms with van der Waals surface area (Å²) in [5, 5.41) is 3.93. The molecule has 0 aliphatic carbocycles. The van der Waals surface area contributed by atoms with Crippen LogP contribution in [0.5, 0.6) is 5.75 Å². The minimum absolute atomic E-state index is 0.202. The topological polar surface area (TPSA) is 86.1 Å². The molecule has 0 spiro atoms. The second kappa shape index (κ2) is 7.48. The lowest BCUT2D eigenvalue weighted by Gasteiger charge is -2.11. The van der Waals surface area contributed by atoms with Gasteiger partial charge in [-0.1, -0.05) is 6.07 Å². The summed E-state index contributed by atoms with van der Waals surface area (Å²) in [7, 11) is -4.14. The third-order valence-electron chi connectivity index (χ3n) is 3.29. The molecule has 0 saturated carbocycles. The van der Waals surface area contributed by atoms with E-state index in [2.05, 4.69) is 14.8 Å². The van der Waals surface area contributed by atoms with Crippen LogP contribution in [0.15, 0.2) is 60.0 Å². The van der Waals surface area contributed by atoms with E-state index in [0.29, 0.717) is 25.0 Å². The van der Waals surface area contributed by atoms with E-state index in [1.165, 1.54) is 18.5 Å². The molecule has 3 rings (SSSR count). The average molecular weight is 380 g/mol. The number of sulfonamides is 1. The SMILES string of the molecule is O=S(=O)(Nc1cccc(OCCn2cncn2)c1)c1cc(F)cc(F)c1. The second-order valence-corrected chi connectivity index (χ2v) is 6.93. The lowest BCUT2D eigenvalue weighted by Crippen LogP contribution is -2.14. The fraction of sp³-hybridized carbons (Fsp3) is 0.125. The number of anilines is 1. The molecule has 0 amide bonds. The van der Waals surface area contributed by atoms with Crippen molar-refractivity contribution in [2.45, 2.75) is 11.4 Å². The van der Waals surface area contributed by atoms with Gasteiger partial charge in [0.1, 0.15) is 36.6 Å². The van der Waals surface area contributed by atoms with Crippen molar-refractivity contribution < 1.29 is 21.9 Å². The summed E-state index contributed by atoms with van der Waals surface area (Å²) in [5.74, 6) is -1.53. The van der Waals surface area contributed by atoms with E-state index in [1.807, 2.05) is 0 Å². The molecule has 3 aromatic rings. The molecule has 0 radical (unpaired) electrons. The van der Waals surface area contributed by atoms with E-state index in [-0.39, 0.29) is 5.69 Å². The third kappa shape index (κ3) is 4.54. The summed E-state index contributed by atoms with van der Waals surface area (Å²) < 4.78 is 60.5. The van der Waals surface area contributed by atoms with Crippen LogP contribution in [0.2, 0.25) is 0 Å². The van der Waals surface area contributed by atoms with Gasteiger partial charge in [-0.2, -0.15) is 5.10 Å². The summed E-state index contributed by atoms with van der Waals surface area (Å²) in [5.41, 5.74) is 0.202. The number of benzene rings is 2. The summed E-state index contributed by atoms with van der Waals surface area (Å²) in [6, 6.07) is 8.29. The first-order valence-corrected chi connectivity index (χ1v) is 8.95. The third-order valence-corrected chi connectivity index (χ3v) is 4.65. The molecular weight excluding hydrogens is 366 g/mol. The van der Waals surface area contributed by atoms with Crippen molar-refractivity contribution in [3.05, 3.63) is 66.8 Å². The largest absolute Gasteiger partial charge is 0.492 e. The van der Waals surface area contributed by atoms with Gasteiger partial charge in [-0.15, -0.1) is 0 Å². The summed E-state index contributed by atoms with van der Waals surface area (Å²) in [6.45, 7) is 0.771. The maximum absolute atomic E-state index is 13.3. The minimum atomic E-state index is -4.14. The molecule has 136 valence electrons. The Morgan fingerprint density at radius 1 is 1.12 bits per heavy atom. The molecule has 26 heavy (non-hydrogen) atoms. The Bertz CT molecular complexity index is 974. The molecule has 0 aliphatic rings. The van der Waals surface area contributed by atoms with Crippen molar-refractivity contribution in [1.29, 1.82) is 0 Å². The van der Waals surface area contributed by atoms with Gasteiger partial charge in [0.05, 0.1) is 17.1 Å². The number of hydrogen-bond acceptors (Lipinski definition) is 5. The molecule has 1 heterocycles. The highest BCUT2D eigenvalue weighted by Gasteiger charge is 2.17. The van der Waals surface area contributed by atoms with Crippen LogP contribution in [0.25, 0.3) is 0 Å². The zero-order valence-electron chi connectivity index (χ0n) is 13.3. The number of rotatable bonds is 7. The number of aromatic nitrogens is 3.